The lowest BCUT2D eigenvalue weighted by molar-refractivity contribution is -0.142. The largest absolute Gasteiger partial charge is 0.433 e. The molecule has 5 aromatic rings. The van der Waals surface area contributed by atoms with Crippen LogP contribution in [0.4, 0.5) is 26.3 Å². The Hall–Kier alpha value is -4.25. The highest BCUT2D eigenvalue weighted by molar-refractivity contribution is 5.90. The number of fused-ring (bicyclic) bond motifs is 1. The molecule has 2 heterocycles. The van der Waals surface area contributed by atoms with Crippen LogP contribution in [0.5, 0.6) is 0 Å². The van der Waals surface area contributed by atoms with Gasteiger partial charge in [-0.15, -0.1) is 5.10 Å². The number of rotatable bonds is 7. The Morgan fingerprint density at radius 1 is 0.692 bits per heavy atom. The fourth-order valence-electron chi connectivity index (χ4n) is 4.36. The monoisotopic (exact) mass is 541 g/mol. The van der Waals surface area contributed by atoms with E-state index in [0.717, 1.165) is 21.9 Å². The van der Waals surface area contributed by atoms with Crippen molar-refractivity contribution in [2.24, 2.45) is 0 Å². The van der Waals surface area contributed by atoms with Crippen LogP contribution in [0.2, 0.25) is 0 Å². The molecule has 0 aliphatic rings. The van der Waals surface area contributed by atoms with Gasteiger partial charge in [-0.3, -0.25) is 4.90 Å². The third-order valence-corrected chi connectivity index (χ3v) is 6.08. The van der Waals surface area contributed by atoms with E-state index in [2.05, 4.69) is 20.2 Å². The molecule has 0 N–H and O–H groups in total. The summed E-state index contributed by atoms with van der Waals surface area (Å²) in [6.45, 7) is 1.43. The van der Waals surface area contributed by atoms with Crippen molar-refractivity contribution in [1.82, 2.24) is 24.9 Å². The molecule has 0 aliphatic heterocycles. The molecule has 0 bridgehead atoms. The van der Waals surface area contributed by atoms with Crippen LogP contribution >= 0.6 is 0 Å². The molecule has 5 rings (SSSR count). The van der Waals surface area contributed by atoms with Crippen LogP contribution in [0.3, 0.4) is 0 Å². The van der Waals surface area contributed by atoms with E-state index in [0.29, 0.717) is 37.5 Å². The van der Waals surface area contributed by atoms with Gasteiger partial charge in [0.15, 0.2) is 0 Å². The average Bonchev–Trinajstić information content (AvgIpc) is 3.36. The van der Waals surface area contributed by atoms with Gasteiger partial charge in [-0.2, -0.15) is 26.3 Å². The van der Waals surface area contributed by atoms with Crippen molar-refractivity contribution in [2.45, 2.75) is 32.0 Å². The van der Waals surface area contributed by atoms with Gasteiger partial charge < -0.3 is 0 Å². The van der Waals surface area contributed by atoms with Gasteiger partial charge in [0.1, 0.15) is 5.69 Å². The molecule has 0 saturated heterocycles. The first-order valence-electron chi connectivity index (χ1n) is 11.9. The lowest BCUT2D eigenvalue weighted by Crippen LogP contribution is -2.22. The molecule has 5 nitrogen and oxygen atoms in total. The zero-order valence-corrected chi connectivity index (χ0v) is 20.3. The maximum absolute atomic E-state index is 13.6. The summed E-state index contributed by atoms with van der Waals surface area (Å²) in [4.78, 5) is 5.42. The topological polar surface area (TPSA) is 46.8 Å². The summed E-state index contributed by atoms with van der Waals surface area (Å²) in [5.74, 6) is 0. The third-order valence-electron chi connectivity index (χ3n) is 6.08. The van der Waals surface area contributed by atoms with E-state index in [4.69, 9.17) is 0 Å². The van der Waals surface area contributed by atoms with Crippen molar-refractivity contribution in [1.29, 1.82) is 0 Å². The summed E-state index contributed by atoms with van der Waals surface area (Å²) in [5, 5.41) is 7.99. The molecule has 0 amide bonds. The maximum atomic E-state index is 13.6. The number of aromatic nitrogens is 4. The summed E-state index contributed by atoms with van der Waals surface area (Å²) in [6, 6.07) is 23.3. The van der Waals surface area contributed by atoms with Gasteiger partial charge in [0.25, 0.3) is 0 Å². The zero-order chi connectivity index (χ0) is 27.6. The van der Waals surface area contributed by atoms with Gasteiger partial charge in [-0.05, 0) is 23.3 Å². The summed E-state index contributed by atoms with van der Waals surface area (Å²) < 4.78 is 82.8. The number of pyridine rings is 1. The Kier molecular flexibility index (Phi) is 7.09. The Bertz CT molecular complexity index is 1520. The molecule has 39 heavy (non-hydrogen) atoms. The SMILES string of the molecule is FC(F)(F)c1cc(-n2cc(CN(Cc3ccccc3)Cc3ccccc3)nn2)c2cccc(C(F)(F)F)c2n1. The molecule has 2 aromatic heterocycles. The van der Waals surface area contributed by atoms with E-state index in [1.54, 1.807) is 0 Å². The highest BCUT2D eigenvalue weighted by atomic mass is 19.4. The van der Waals surface area contributed by atoms with Gasteiger partial charge in [-0.25, -0.2) is 9.67 Å². The summed E-state index contributed by atoms with van der Waals surface area (Å²) in [5.41, 5.74) is -1.17. The van der Waals surface area contributed by atoms with Crippen LogP contribution in [0.15, 0.2) is 91.1 Å². The van der Waals surface area contributed by atoms with E-state index < -0.39 is 29.1 Å². The minimum atomic E-state index is -4.97. The van der Waals surface area contributed by atoms with Gasteiger partial charge in [0.2, 0.25) is 0 Å². The highest BCUT2D eigenvalue weighted by Crippen LogP contribution is 2.38. The Morgan fingerprint density at radius 2 is 1.31 bits per heavy atom. The maximum Gasteiger partial charge on any atom is 0.433 e. The number of benzene rings is 3. The third kappa shape index (κ3) is 6.09. The fourth-order valence-corrected chi connectivity index (χ4v) is 4.36. The van der Waals surface area contributed by atoms with Crippen molar-refractivity contribution in [2.75, 3.05) is 0 Å². The molecule has 3 aromatic carbocycles. The first-order valence-corrected chi connectivity index (χ1v) is 11.9. The number of hydrogen-bond donors (Lipinski definition) is 0. The van der Waals surface area contributed by atoms with E-state index in [9.17, 15) is 26.3 Å². The lowest BCUT2D eigenvalue weighted by Gasteiger charge is -2.21. The van der Waals surface area contributed by atoms with Crippen LogP contribution < -0.4 is 0 Å². The smallest absolute Gasteiger partial charge is 0.289 e. The van der Waals surface area contributed by atoms with Crippen molar-refractivity contribution in [3.8, 4) is 5.69 Å². The lowest BCUT2D eigenvalue weighted by atomic mass is 10.1. The molecule has 200 valence electrons. The molecule has 11 heteroatoms. The second kappa shape index (κ2) is 10.5. The number of halogens is 6. The van der Waals surface area contributed by atoms with E-state index in [1.165, 1.54) is 12.3 Å². The summed E-state index contributed by atoms with van der Waals surface area (Å²) in [7, 11) is 0. The number of para-hydroxylation sites is 1. The number of hydrogen-bond acceptors (Lipinski definition) is 4. The first-order chi connectivity index (χ1) is 18.6. The minimum absolute atomic E-state index is 0.125. The molecule has 0 fully saturated rings. The molecule has 0 aliphatic carbocycles. The zero-order valence-electron chi connectivity index (χ0n) is 20.3. The molecule has 0 saturated carbocycles. The van der Waals surface area contributed by atoms with Crippen molar-refractivity contribution >= 4 is 10.9 Å². The molecule has 0 atom stereocenters. The van der Waals surface area contributed by atoms with Crippen LogP contribution in [0.25, 0.3) is 16.6 Å². The van der Waals surface area contributed by atoms with E-state index >= 15 is 0 Å². The Morgan fingerprint density at radius 3 is 1.87 bits per heavy atom. The van der Waals surface area contributed by atoms with Crippen LogP contribution in [0.1, 0.15) is 28.1 Å². The molecular weight excluding hydrogens is 520 g/mol. The van der Waals surface area contributed by atoms with Gasteiger partial charge in [0, 0.05) is 25.0 Å². The molecule has 0 unspecified atom stereocenters. The van der Waals surface area contributed by atoms with Crippen LogP contribution in [0, 0.1) is 0 Å². The Labute approximate surface area is 219 Å². The van der Waals surface area contributed by atoms with Gasteiger partial charge in [0.05, 0.1) is 28.7 Å². The Balaban J connectivity index is 1.52. The van der Waals surface area contributed by atoms with Crippen LogP contribution in [-0.4, -0.2) is 24.9 Å². The van der Waals surface area contributed by atoms with Crippen molar-refractivity contribution in [3.05, 3.63) is 119 Å². The standard InChI is InChI=1S/C28H21F6N5/c29-27(30,31)23-13-7-12-22-24(14-25(28(32,33)34)35-26(22)23)39-18-21(36-37-39)17-38(15-19-8-3-1-4-9-19)16-20-10-5-2-6-11-20/h1-14,18H,15-17H2. The average molecular weight is 541 g/mol. The highest BCUT2D eigenvalue weighted by Gasteiger charge is 2.37. The fraction of sp³-hybridized carbons (Fsp3) is 0.179. The summed E-state index contributed by atoms with van der Waals surface area (Å²) >= 11 is 0. The molecule has 0 spiro atoms. The molecule has 0 radical (unpaired) electrons. The predicted octanol–water partition coefficient (Wildman–Crippen LogP) is 7.06. The number of alkyl halides is 6. The molecular formula is C28H21F6N5. The van der Waals surface area contributed by atoms with Crippen molar-refractivity contribution < 1.29 is 26.3 Å². The normalized spacial score (nSPS) is 12.4. The summed E-state index contributed by atoms with van der Waals surface area (Å²) in [6.07, 6.45) is -8.43. The van der Waals surface area contributed by atoms with Gasteiger partial charge >= 0.3 is 12.4 Å². The van der Waals surface area contributed by atoms with Crippen molar-refractivity contribution in [3.63, 3.8) is 0 Å². The minimum Gasteiger partial charge on any atom is -0.289 e. The predicted molar refractivity (Wildman–Crippen MR) is 132 cm³/mol. The van der Waals surface area contributed by atoms with E-state index in [-0.39, 0.29) is 11.1 Å². The van der Waals surface area contributed by atoms with E-state index in [1.807, 2.05) is 60.7 Å². The van der Waals surface area contributed by atoms with Crippen LogP contribution in [-0.2, 0) is 32.0 Å². The van der Waals surface area contributed by atoms with Gasteiger partial charge in [-0.1, -0.05) is 78.0 Å². The quantitative estimate of drug-likeness (QED) is 0.207. The second-order valence-corrected chi connectivity index (χ2v) is 8.99. The first kappa shape index (κ1) is 26.4. The second-order valence-electron chi connectivity index (χ2n) is 8.99. The number of nitrogens with zero attached hydrogens (tertiary/aromatic N) is 5.